The summed E-state index contributed by atoms with van der Waals surface area (Å²) in [6.45, 7) is 3.26. The fraction of sp³-hybridized carbons (Fsp3) is 0.714. The summed E-state index contributed by atoms with van der Waals surface area (Å²) in [7, 11) is 0. The second-order valence-electron chi connectivity index (χ2n) is 9.17. The van der Waals surface area contributed by atoms with Crippen molar-refractivity contribution >= 4 is 11.6 Å². The molecule has 2 N–H and O–H groups in total. The maximum atomic E-state index is 15.6. The van der Waals surface area contributed by atoms with Crippen molar-refractivity contribution in [3.05, 3.63) is 23.8 Å². The summed E-state index contributed by atoms with van der Waals surface area (Å²) in [5.41, 5.74) is -1.64. The van der Waals surface area contributed by atoms with Gasteiger partial charge in [0.05, 0.1) is 5.60 Å². The molecule has 0 spiro atoms. The van der Waals surface area contributed by atoms with Gasteiger partial charge in [0.2, 0.25) is 0 Å². The van der Waals surface area contributed by atoms with Crippen LogP contribution in [0, 0.1) is 28.6 Å². The van der Waals surface area contributed by atoms with E-state index in [2.05, 4.69) is 0 Å². The fourth-order valence-corrected chi connectivity index (χ4v) is 6.63. The summed E-state index contributed by atoms with van der Waals surface area (Å²) in [6.07, 6.45) is 6.26. The maximum absolute atomic E-state index is 15.6. The number of hydrogen-bond donors (Lipinski definition) is 2. The van der Waals surface area contributed by atoms with E-state index in [1.807, 2.05) is 26.0 Å². The number of halogens is 1. The van der Waals surface area contributed by atoms with Crippen molar-refractivity contribution in [3.8, 4) is 0 Å². The van der Waals surface area contributed by atoms with Gasteiger partial charge in [0.15, 0.2) is 11.6 Å². The molecule has 0 saturated heterocycles. The minimum Gasteiger partial charge on any atom is -0.389 e. The average Bonchev–Trinajstić information content (AvgIpc) is 2.86. The van der Waals surface area contributed by atoms with E-state index in [1.54, 1.807) is 6.08 Å². The number of allylic oxidation sites excluding steroid dienone is 3. The second kappa shape index (κ2) is 5.59. The molecule has 0 aromatic rings. The SMILES string of the molecule is CC12CCC(=O)C=C1C=CC1C2[C@@H](F)CC2(C)C(C(=O)CO)CC[C@@]12O. The third-order valence-corrected chi connectivity index (χ3v) is 8.15. The zero-order valence-corrected chi connectivity index (χ0v) is 15.4. The van der Waals surface area contributed by atoms with E-state index in [1.165, 1.54) is 0 Å². The number of hydrogen-bond acceptors (Lipinski definition) is 4. The summed E-state index contributed by atoms with van der Waals surface area (Å²) in [6, 6.07) is 0. The first kappa shape index (κ1) is 18.1. The maximum Gasteiger partial charge on any atom is 0.161 e. The summed E-state index contributed by atoms with van der Waals surface area (Å²) in [4.78, 5) is 24.1. The number of carbonyl (C=O) groups is 2. The highest BCUT2D eigenvalue weighted by Crippen LogP contribution is 2.67. The number of ketones is 2. The Balaban J connectivity index is 1.81. The Kier molecular flexibility index (Phi) is 3.88. The Bertz CT molecular complexity index is 728. The first-order valence-electron chi connectivity index (χ1n) is 9.60. The van der Waals surface area contributed by atoms with Gasteiger partial charge in [-0.05, 0) is 42.7 Å². The molecule has 4 rings (SSSR count). The third kappa shape index (κ3) is 2.07. The number of Topliss-reactive ketones (excluding diaryl/α,β-unsaturated/α-hetero) is 1. The third-order valence-electron chi connectivity index (χ3n) is 8.15. The molecule has 0 amide bonds. The molecule has 0 aliphatic heterocycles. The highest BCUT2D eigenvalue weighted by atomic mass is 19.1. The lowest BCUT2D eigenvalue weighted by atomic mass is 9.46. The second-order valence-corrected chi connectivity index (χ2v) is 9.17. The predicted octanol–water partition coefficient (Wildman–Crippen LogP) is 2.53. The molecular weight excluding hydrogens is 335 g/mol. The van der Waals surface area contributed by atoms with E-state index >= 15 is 4.39 Å². The van der Waals surface area contributed by atoms with Crippen molar-refractivity contribution in [1.82, 2.24) is 0 Å². The lowest BCUT2D eigenvalue weighted by molar-refractivity contribution is -0.187. The summed E-state index contributed by atoms with van der Waals surface area (Å²) < 4.78 is 15.6. The van der Waals surface area contributed by atoms with Crippen LogP contribution in [0.25, 0.3) is 0 Å². The Labute approximate surface area is 153 Å². The molecule has 5 unspecified atom stereocenters. The van der Waals surface area contributed by atoms with Gasteiger partial charge < -0.3 is 10.2 Å². The van der Waals surface area contributed by atoms with Crippen molar-refractivity contribution < 1.29 is 24.2 Å². The largest absolute Gasteiger partial charge is 0.389 e. The Morgan fingerprint density at radius 2 is 2.08 bits per heavy atom. The number of aliphatic hydroxyl groups excluding tert-OH is 1. The molecule has 0 radical (unpaired) electrons. The lowest BCUT2D eigenvalue weighted by Gasteiger charge is -2.60. The normalized spacial score (nSPS) is 49.9. The van der Waals surface area contributed by atoms with Crippen LogP contribution in [-0.4, -0.2) is 40.2 Å². The van der Waals surface area contributed by atoms with Crippen molar-refractivity contribution in [2.45, 2.75) is 57.7 Å². The summed E-state index contributed by atoms with van der Waals surface area (Å²) in [5.74, 6) is -1.52. The quantitative estimate of drug-likeness (QED) is 0.792. The van der Waals surface area contributed by atoms with Crippen LogP contribution in [0.4, 0.5) is 4.39 Å². The van der Waals surface area contributed by atoms with Crippen LogP contribution in [0.15, 0.2) is 23.8 Å². The van der Waals surface area contributed by atoms with Crippen LogP contribution >= 0.6 is 0 Å². The van der Waals surface area contributed by atoms with Gasteiger partial charge in [-0.2, -0.15) is 0 Å². The van der Waals surface area contributed by atoms with E-state index in [0.29, 0.717) is 25.7 Å². The van der Waals surface area contributed by atoms with Crippen LogP contribution in [0.3, 0.4) is 0 Å². The van der Waals surface area contributed by atoms with Gasteiger partial charge >= 0.3 is 0 Å². The Morgan fingerprint density at radius 3 is 2.77 bits per heavy atom. The van der Waals surface area contributed by atoms with Gasteiger partial charge in [0, 0.05) is 29.6 Å². The first-order valence-corrected chi connectivity index (χ1v) is 9.60. The van der Waals surface area contributed by atoms with Crippen LogP contribution < -0.4 is 0 Å². The number of carbonyl (C=O) groups excluding carboxylic acids is 2. The van der Waals surface area contributed by atoms with E-state index in [0.717, 1.165) is 5.57 Å². The van der Waals surface area contributed by atoms with Crippen molar-refractivity contribution in [2.24, 2.45) is 28.6 Å². The molecule has 4 aliphatic carbocycles. The highest BCUT2D eigenvalue weighted by molar-refractivity contribution is 5.92. The lowest BCUT2D eigenvalue weighted by Crippen LogP contribution is -2.63. The Morgan fingerprint density at radius 1 is 1.35 bits per heavy atom. The summed E-state index contributed by atoms with van der Waals surface area (Å²) >= 11 is 0. The van der Waals surface area contributed by atoms with E-state index in [4.69, 9.17) is 0 Å². The molecule has 2 fully saturated rings. The molecule has 0 heterocycles. The minimum atomic E-state index is -1.16. The fourth-order valence-electron chi connectivity index (χ4n) is 6.63. The minimum absolute atomic E-state index is 0.0739. The van der Waals surface area contributed by atoms with E-state index in [-0.39, 0.29) is 23.9 Å². The van der Waals surface area contributed by atoms with Crippen LogP contribution in [-0.2, 0) is 9.59 Å². The van der Waals surface area contributed by atoms with Gasteiger partial charge in [-0.25, -0.2) is 4.39 Å². The van der Waals surface area contributed by atoms with Crippen LogP contribution in [0.5, 0.6) is 0 Å². The Hall–Kier alpha value is -1.33. The highest BCUT2D eigenvalue weighted by Gasteiger charge is 2.69. The standard InChI is InChI=1S/C21H27FO4/c1-19-7-5-13(24)9-12(19)3-4-15-18(19)16(22)10-20(2)14(17(25)11-23)6-8-21(15,20)26/h3-4,9,14-16,18,23,26H,5-8,10-11H2,1-2H3/t14?,15?,16-,18?,19?,20?,21+/m0/s1. The van der Waals surface area contributed by atoms with Crippen LogP contribution in [0.2, 0.25) is 0 Å². The first-order chi connectivity index (χ1) is 12.2. The summed E-state index contributed by atoms with van der Waals surface area (Å²) in [5, 5.41) is 21.0. The smallest absolute Gasteiger partial charge is 0.161 e. The predicted molar refractivity (Wildman–Crippen MR) is 93.9 cm³/mol. The van der Waals surface area contributed by atoms with E-state index < -0.39 is 41.0 Å². The molecule has 5 heteroatoms. The molecule has 4 aliphatic rings. The van der Waals surface area contributed by atoms with Crippen molar-refractivity contribution in [1.29, 1.82) is 0 Å². The van der Waals surface area contributed by atoms with Gasteiger partial charge in [0.25, 0.3) is 0 Å². The zero-order chi connectivity index (χ0) is 18.9. The van der Waals surface area contributed by atoms with Gasteiger partial charge in [-0.1, -0.05) is 26.0 Å². The number of aliphatic hydroxyl groups is 2. The van der Waals surface area contributed by atoms with Crippen molar-refractivity contribution in [3.63, 3.8) is 0 Å². The molecule has 7 atom stereocenters. The molecule has 26 heavy (non-hydrogen) atoms. The van der Waals surface area contributed by atoms with Crippen LogP contribution in [0.1, 0.15) is 46.0 Å². The number of fused-ring (bicyclic) bond motifs is 5. The van der Waals surface area contributed by atoms with Gasteiger partial charge in [-0.15, -0.1) is 0 Å². The number of rotatable bonds is 2. The molecule has 2 saturated carbocycles. The molecule has 142 valence electrons. The van der Waals surface area contributed by atoms with Gasteiger partial charge in [-0.3, -0.25) is 9.59 Å². The zero-order valence-electron chi connectivity index (χ0n) is 15.4. The average molecular weight is 362 g/mol. The van der Waals surface area contributed by atoms with Crippen molar-refractivity contribution in [2.75, 3.05) is 6.61 Å². The van der Waals surface area contributed by atoms with E-state index in [9.17, 15) is 19.8 Å². The molecule has 0 aromatic carbocycles. The topological polar surface area (TPSA) is 74.6 Å². The molecule has 0 bridgehead atoms. The molecular formula is C21H27FO4. The monoisotopic (exact) mass is 362 g/mol. The number of alkyl halides is 1. The molecule has 4 nitrogen and oxygen atoms in total. The molecule has 0 aromatic heterocycles. The van der Waals surface area contributed by atoms with Gasteiger partial charge in [0.1, 0.15) is 12.8 Å².